The van der Waals surface area contributed by atoms with Crippen molar-refractivity contribution in [3.63, 3.8) is 0 Å². The summed E-state index contributed by atoms with van der Waals surface area (Å²) in [4.78, 5) is 0. The first kappa shape index (κ1) is 13.9. The smallest absolute Gasteiger partial charge is 0.0700 e. The first-order valence-corrected chi connectivity index (χ1v) is 6.59. The Morgan fingerprint density at radius 2 is 1.94 bits per heavy atom. The van der Waals surface area contributed by atoms with Gasteiger partial charge in [-0.15, -0.1) is 0 Å². The molecule has 96 valence electrons. The van der Waals surface area contributed by atoms with Crippen LogP contribution in [0, 0.1) is 11.8 Å². The third-order valence-corrected chi connectivity index (χ3v) is 3.58. The summed E-state index contributed by atoms with van der Waals surface area (Å²) in [5, 5.41) is 3.31. The Bertz CT molecular complexity index is 164. The molecule has 0 bridgehead atoms. The summed E-state index contributed by atoms with van der Waals surface area (Å²) < 4.78 is 10.4. The van der Waals surface area contributed by atoms with E-state index in [1.54, 1.807) is 7.11 Å². The zero-order valence-corrected chi connectivity index (χ0v) is 10.8. The molecule has 1 rings (SSSR count). The zero-order chi connectivity index (χ0) is 11.6. The molecule has 1 N–H and O–H groups in total. The summed E-state index contributed by atoms with van der Waals surface area (Å²) in [5.74, 6) is 1.84. The molecule has 0 saturated heterocycles. The van der Waals surface area contributed by atoms with Crippen molar-refractivity contribution in [1.82, 2.24) is 5.32 Å². The van der Waals surface area contributed by atoms with E-state index in [-0.39, 0.29) is 0 Å². The number of nitrogens with one attached hydrogen (secondary N) is 1. The van der Waals surface area contributed by atoms with Gasteiger partial charge in [-0.3, -0.25) is 0 Å². The molecule has 2 atom stereocenters. The molecule has 3 heteroatoms. The van der Waals surface area contributed by atoms with E-state index < -0.39 is 0 Å². The molecule has 0 amide bonds. The Morgan fingerprint density at radius 3 is 2.69 bits per heavy atom. The lowest BCUT2D eigenvalue weighted by Gasteiger charge is -2.19. The Balaban J connectivity index is 1.99. The highest BCUT2D eigenvalue weighted by molar-refractivity contribution is 4.78. The standard InChI is InChI=1S/C13H27NO2/c1-14-11-13-6-3-5-12(13)7-4-8-16-10-9-15-2/h12-14H,3-11H2,1-2H3. The average Bonchev–Trinajstić information content (AvgIpc) is 2.72. The van der Waals surface area contributed by atoms with Crippen molar-refractivity contribution in [1.29, 1.82) is 0 Å². The van der Waals surface area contributed by atoms with Crippen LogP contribution in [0.5, 0.6) is 0 Å². The van der Waals surface area contributed by atoms with Crippen molar-refractivity contribution >= 4 is 0 Å². The lowest BCUT2D eigenvalue weighted by atomic mass is 9.92. The highest BCUT2D eigenvalue weighted by Gasteiger charge is 2.25. The van der Waals surface area contributed by atoms with Gasteiger partial charge in [0.15, 0.2) is 0 Å². The molecule has 1 aliphatic carbocycles. The van der Waals surface area contributed by atoms with E-state index in [0.717, 1.165) is 25.0 Å². The van der Waals surface area contributed by atoms with Gasteiger partial charge in [-0.25, -0.2) is 0 Å². The summed E-state index contributed by atoms with van der Waals surface area (Å²) in [7, 11) is 3.77. The van der Waals surface area contributed by atoms with Crippen LogP contribution in [0.15, 0.2) is 0 Å². The Morgan fingerprint density at radius 1 is 1.12 bits per heavy atom. The molecular formula is C13H27NO2. The Labute approximate surface area is 99.9 Å². The largest absolute Gasteiger partial charge is 0.382 e. The van der Waals surface area contributed by atoms with Crippen LogP contribution in [0.1, 0.15) is 32.1 Å². The van der Waals surface area contributed by atoms with Gasteiger partial charge < -0.3 is 14.8 Å². The molecule has 0 aliphatic heterocycles. The van der Waals surface area contributed by atoms with E-state index in [2.05, 4.69) is 12.4 Å². The number of hydrogen-bond acceptors (Lipinski definition) is 3. The van der Waals surface area contributed by atoms with Gasteiger partial charge in [-0.2, -0.15) is 0 Å². The van der Waals surface area contributed by atoms with Crippen molar-refractivity contribution in [3.8, 4) is 0 Å². The maximum atomic E-state index is 5.49. The van der Waals surface area contributed by atoms with Crippen LogP contribution in [-0.4, -0.2) is 40.5 Å². The van der Waals surface area contributed by atoms with Crippen LogP contribution in [0.3, 0.4) is 0 Å². The second-order valence-corrected chi connectivity index (χ2v) is 4.76. The lowest BCUT2D eigenvalue weighted by Crippen LogP contribution is -2.22. The molecule has 16 heavy (non-hydrogen) atoms. The maximum Gasteiger partial charge on any atom is 0.0700 e. The van der Waals surface area contributed by atoms with Crippen LogP contribution in [-0.2, 0) is 9.47 Å². The van der Waals surface area contributed by atoms with Gasteiger partial charge in [0, 0.05) is 13.7 Å². The fourth-order valence-electron chi connectivity index (χ4n) is 2.72. The number of rotatable bonds is 9. The quantitative estimate of drug-likeness (QED) is 0.614. The molecule has 1 fully saturated rings. The second kappa shape index (κ2) is 8.97. The van der Waals surface area contributed by atoms with E-state index in [1.807, 2.05) is 0 Å². The average molecular weight is 229 g/mol. The van der Waals surface area contributed by atoms with Gasteiger partial charge in [0.25, 0.3) is 0 Å². The predicted molar refractivity (Wildman–Crippen MR) is 66.7 cm³/mol. The Hall–Kier alpha value is -0.120. The van der Waals surface area contributed by atoms with E-state index in [4.69, 9.17) is 9.47 Å². The molecule has 3 nitrogen and oxygen atoms in total. The fourth-order valence-corrected chi connectivity index (χ4v) is 2.72. The summed E-state index contributed by atoms with van der Waals surface area (Å²) >= 11 is 0. The van der Waals surface area contributed by atoms with E-state index >= 15 is 0 Å². The van der Waals surface area contributed by atoms with Gasteiger partial charge in [-0.05, 0) is 44.7 Å². The van der Waals surface area contributed by atoms with Crippen LogP contribution in [0.4, 0.5) is 0 Å². The number of hydrogen-bond donors (Lipinski definition) is 1. The summed E-state index contributed by atoms with van der Waals surface area (Å²) in [6.45, 7) is 3.54. The van der Waals surface area contributed by atoms with Crippen LogP contribution in [0.2, 0.25) is 0 Å². The molecule has 0 aromatic carbocycles. The monoisotopic (exact) mass is 229 g/mol. The molecule has 2 unspecified atom stereocenters. The predicted octanol–water partition coefficient (Wildman–Crippen LogP) is 2.07. The highest BCUT2D eigenvalue weighted by Crippen LogP contribution is 2.34. The van der Waals surface area contributed by atoms with E-state index in [1.165, 1.54) is 38.6 Å². The van der Waals surface area contributed by atoms with Crippen molar-refractivity contribution in [2.24, 2.45) is 11.8 Å². The summed E-state index contributed by atoms with van der Waals surface area (Å²) in [5.41, 5.74) is 0. The third kappa shape index (κ3) is 5.28. The fraction of sp³-hybridized carbons (Fsp3) is 1.00. The number of methoxy groups -OCH3 is 1. The van der Waals surface area contributed by atoms with Crippen molar-refractivity contribution in [2.75, 3.05) is 40.5 Å². The summed E-state index contributed by atoms with van der Waals surface area (Å²) in [6, 6.07) is 0. The van der Waals surface area contributed by atoms with Gasteiger partial charge in [0.2, 0.25) is 0 Å². The first-order valence-electron chi connectivity index (χ1n) is 6.59. The van der Waals surface area contributed by atoms with Gasteiger partial charge in [0.1, 0.15) is 0 Å². The molecule has 0 radical (unpaired) electrons. The van der Waals surface area contributed by atoms with Crippen LogP contribution >= 0.6 is 0 Å². The molecule has 0 spiro atoms. The Kier molecular flexibility index (Phi) is 7.81. The van der Waals surface area contributed by atoms with Crippen LogP contribution in [0.25, 0.3) is 0 Å². The molecule has 0 aromatic rings. The molecule has 0 heterocycles. The normalized spacial score (nSPS) is 25.1. The van der Waals surface area contributed by atoms with E-state index in [9.17, 15) is 0 Å². The topological polar surface area (TPSA) is 30.5 Å². The van der Waals surface area contributed by atoms with Gasteiger partial charge in [0.05, 0.1) is 13.2 Å². The van der Waals surface area contributed by atoms with E-state index in [0.29, 0.717) is 6.61 Å². The lowest BCUT2D eigenvalue weighted by molar-refractivity contribution is 0.0665. The molecule has 1 aliphatic rings. The first-order chi connectivity index (χ1) is 7.88. The second-order valence-electron chi connectivity index (χ2n) is 4.76. The highest BCUT2D eigenvalue weighted by atomic mass is 16.5. The third-order valence-electron chi connectivity index (χ3n) is 3.58. The van der Waals surface area contributed by atoms with Crippen LogP contribution < -0.4 is 5.32 Å². The summed E-state index contributed by atoms with van der Waals surface area (Å²) in [6.07, 6.45) is 6.79. The number of ether oxygens (including phenoxy) is 2. The van der Waals surface area contributed by atoms with Crippen molar-refractivity contribution < 1.29 is 9.47 Å². The molecule has 0 aromatic heterocycles. The zero-order valence-electron chi connectivity index (χ0n) is 10.8. The maximum absolute atomic E-state index is 5.49. The SMILES string of the molecule is CNCC1CCCC1CCCOCCOC. The molecule has 1 saturated carbocycles. The molecular weight excluding hydrogens is 202 g/mol. The van der Waals surface area contributed by atoms with Gasteiger partial charge >= 0.3 is 0 Å². The van der Waals surface area contributed by atoms with Gasteiger partial charge in [-0.1, -0.05) is 12.8 Å². The van der Waals surface area contributed by atoms with Crippen molar-refractivity contribution in [2.45, 2.75) is 32.1 Å². The minimum Gasteiger partial charge on any atom is -0.382 e. The van der Waals surface area contributed by atoms with Crippen molar-refractivity contribution in [3.05, 3.63) is 0 Å². The minimum absolute atomic E-state index is 0.714. The minimum atomic E-state index is 0.714.